The van der Waals surface area contributed by atoms with Crippen LogP contribution in [-0.2, 0) is 16.4 Å². The van der Waals surface area contributed by atoms with E-state index in [9.17, 15) is 8.42 Å². The lowest BCUT2D eigenvalue weighted by atomic mass is 10.0. The maximum Gasteiger partial charge on any atom is 0.243 e. The number of hydrogen-bond donors (Lipinski definition) is 1. The standard InChI is InChI=1S/C15H24N2O2S/c1-3-10-17(11-4-2)20(18,19)14-7-8-15-13(12-14)6-5-9-16-15/h7-8,12,16H,3-6,9-11H2,1-2H3. The van der Waals surface area contributed by atoms with Crippen molar-refractivity contribution in [1.82, 2.24) is 4.31 Å². The van der Waals surface area contributed by atoms with Gasteiger partial charge in [0.2, 0.25) is 10.0 Å². The minimum absolute atomic E-state index is 0.432. The lowest BCUT2D eigenvalue weighted by molar-refractivity contribution is 0.410. The highest BCUT2D eigenvalue weighted by Gasteiger charge is 2.24. The van der Waals surface area contributed by atoms with Gasteiger partial charge in [-0.05, 0) is 49.4 Å². The second-order valence-corrected chi connectivity index (χ2v) is 7.19. The Morgan fingerprint density at radius 3 is 2.55 bits per heavy atom. The van der Waals surface area contributed by atoms with Crippen molar-refractivity contribution in [3.05, 3.63) is 23.8 Å². The monoisotopic (exact) mass is 296 g/mol. The van der Waals surface area contributed by atoms with Crippen molar-refractivity contribution < 1.29 is 8.42 Å². The van der Waals surface area contributed by atoms with Crippen LogP contribution in [0.3, 0.4) is 0 Å². The molecule has 1 N–H and O–H groups in total. The van der Waals surface area contributed by atoms with Gasteiger partial charge in [0.05, 0.1) is 4.90 Å². The molecule has 112 valence electrons. The van der Waals surface area contributed by atoms with Gasteiger partial charge in [0.1, 0.15) is 0 Å². The van der Waals surface area contributed by atoms with Crippen LogP contribution in [0, 0.1) is 0 Å². The highest BCUT2D eigenvalue weighted by molar-refractivity contribution is 7.89. The molecule has 1 aliphatic rings. The Kier molecular flexibility index (Phi) is 5.05. The summed E-state index contributed by atoms with van der Waals surface area (Å²) < 4.78 is 27.0. The molecule has 4 nitrogen and oxygen atoms in total. The minimum atomic E-state index is -3.35. The summed E-state index contributed by atoms with van der Waals surface area (Å²) in [5, 5.41) is 3.31. The Morgan fingerprint density at radius 1 is 1.20 bits per heavy atom. The summed E-state index contributed by atoms with van der Waals surface area (Å²) in [7, 11) is -3.35. The fourth-order valence-electron chi connectivity index (χ4n) is 2.61. The quantitative estimate of drug-likeness (QED) is 0.878. The summed E-state index contributed by atoms with van der Waals surface area (Å²) in [6, 6.07) is 5.47. The van der Waals surface area contributed by atoms with Crippen molar-refractivity contribution in [3.8, 4) is 0 Å². The van der Waals surface area contributed by atoms with E-state index in [1.165, 1.54) is 0 Å². The Morgan fingerprint density at radius 2 is 1.90 bits per heavy atom. The van der Waals surface area contributed by atoms with E-state index < -0.39 is 10.0 Å². The predicted molar refractivity (Wildman–Crippen MR) is 82.6 cm³/mol. The Bertz CT molecular complexity index is 549. The van der Waals surface area contributed by atoms with Gasteiger partial charge in [0, 0.05) is 25.3 Å². The molecule has 5 heteroatoms. The van der Waals surface area contributed by atoms with E-state index in [4.69, 9.17) is 0 Å². The second-order valence-electron chi connectivity index (χ2n) is 5.25. The van der Waals surface area contributed by atoms with E-state index in [0.29, 0.717) is 18.0 Å². The molecule has 0 saturated heterocycles. The first kappa shape index (κ1) is 15.3. The van der Waals surface area contributed by atoms with Gasteiger partial charge in [-0.1, -0.05) is 13.8 Å². The third-order valence-corrected chi connectivity index (χ3v) is 5.49. The van der Waals surface area contributed by atoms with Gasteiger partial charge in [0.15, 0.2) is 0 Å². The van der Waals surface area contributed by atoms with Gasteiger partial charge in [-0.3, -0.25) is 0 Å². The van der Waals surface area contributed by atoms with E-state index in [2.05, 4.69) is 5.32 Å². The number of aryl methyl sites for hydroxylation is 1. The molecule has 0 unspecified atom stereocenters. The van der Waals surface area contributed by atoms with Crippen LogP contribution < -0.4 is 5.32 Å². The van der Waals surface area contributed by atoms with Crippen molar-refractivity contribution in [2.24, 2.45) is 0 Å². The number of fused-ring (bicyclic) bond motifs is 1. The fraction of sp³-hybridized carbons (Fsp3) is 0.600. The Labute approximate surface area is 122 Å². The maximum absolute atomic E-state index is 12.7. The van der Waals surface area contributed by atoms with Crippen LogP contribution in [0.2, 0.25) is 0 Å². The van der Waals surface area contributed by atoms with Gasteiger partial charge >= 0.3 is 0 Å². The smallest absolute Gasteiger partial charge is 0.243 e. The lowest BCUT2D eigenvalue weighted by Crippen LogP contribution is -2.32. The summed E-state index contributed by atoms with van der Waals surface area (Å²) in [5.74, 6) is 0. The van der Waals surface area contributed by atoms with Crippen molar-refractivity contribution in [2.75, 3.05) is 25.0 Å². The second kappa shape index (κ2) is 6.59. The highest BCUT2D eigenvalue weighted by Crippen LogP contribution is 2.26. The predicted octanol–water partition coefficient (Wildman–Crippen LogP) is 2.86. The van der Waals surface area contributed by atoms with Crippen molar-refractivity contribution in [2.45, 2.75) is 44.4 Å². The van der Waals surface area contributed by atoms with Gasteiger partial charge in [-0.25, -0.2) is 8.42 Å². The van der Waals surface area contributed by atoms with Gasteiger partial charge in [-0.15, -0.1) is 0 Å². The van der Waals surface area contributed by atoms with Crippen LogP contribution >= 0.6 is 0 Å². The zero-order valence-electron chi connectivity index (χ0n) is 12.4. The number of anilines is 1. The molecular formula is C15H24N2O2S. The van der Waals surface area contributed by atoms with Crippen molar-refractivity contribution >= 4 is 15.7 Å². The average Bonchev–Trinajstić information content (AvgIpc) is 2.46. The molecule has 1 heterocycles. The molecule has 0 atom stereocenters. The maximum atomic E-state index is 12.7. The molecule has 0 amide bonds. The largest absolute Gasteiger partial charge is 0.385 e. The molecule has 0 spiro atoms. The Balaban J connectivity index is 2.32. The zero-order valence-corrected chi connectivity index (χ0v) is 13.2. The molecule has 1 aromatic carbocycles. The first-order valence-corrected chi connectivity index (χ1v) is 8.90. The van der Waals surface area contributed by atoms with Crippen LogP contribution in [0.25, 0.3) is 0 Å². The van der Waals surface area contributed by atoms with Crippen molar-refractivity contribution in [3.63, 3.8) is 0 Å². The zero-order chi connectivity index (χ0) is 14.6. The SMILES string of the molecule is CCCN(CCC)S(=O)(=O)c1ccc2c(c1)CCCN2. The molecule has 1 aromatic rings. The molecule has 2 rings (SSSR count). The Hall–Kier alpha value is -1.07. The molecule has 0 radical (unpaired) electrons. The molecule has 0 aliphatic carbocycles. The molecule has 0 aromatic heterocycles. The first-order valence-electron chi connectivity index (χ1n) is 7.46. The molecule has 0 saturated carbocycles. The normalized spacial score (nSPS) is 14.9. The fourth-order valence-corrected chi connectivity index (χ4v) is 4.29. The van der Waals surface area contributed by atoms with E-state index in [-0.39, 0.29) is 0 Å². The molecule has 20 heavy (non-hydrogen) atoms. The lowest BCUT2D eigenvalue weighted by Gasteiger charge is -2.23. The first-order chi connectivity index (χ1) is 9.59. The summed E-state index contributed by atoms with van der Waals surface area (Å²) >= 11 is 0. The number of sulfonamides is 1. The summed E-state index contributed by atoms with van der Waals surface area (Å²) in [4.78, 5) is 0.432. The van der Waals surface area contributed by atoms with Crippen LogP contribution in [0.5, 0.6) is 0 Å². The number of rotatable bonds is 6. The van der Waals surface area contributed by atoms with Crippen LogP contribution in [-0.4, -0.2) is 32.4 Å². The van der Waals surface area contributed by atoms with E-state index in [0.717, 1.165) is 43.5 Å². The van der Waals surface area contributed by atoms with Crippen molar-refractivity contribution in [1.29, 1.82) is 0 Å². The number of hydrogen-bond acceptors (Lipinski definition) is 3. The summed E-state index contributed by atoms with van der Waals surface area (Å²) in [6.07, 6.45) is 3.69. The number of nitrogens with zero attached hydrogens (tertiary/aromatic N) is 1. The summed E-state index contributed by atoms with van der Waals surface area (Å²) in [5.41, 5.74) is 2.19. The van der Waals surface area contributed by atoms with Crippen LogP contribution in [0.1, 0.15) is 38.7 Å². The third kappa shape index (κ3) is 3.15. The topological polar surface area (TPSA) is 49.4 Å². The van der Waals surface area contributed by atoms with E-state index in [1.807, 2.05) is 26.0 Å². The third-order valence-electron chi connectivity index (χ3n) is 3.60. The van der Waals surface area contributed by atoms with Gasteiger partial charge < -0.3 is 5.32 Å². The van der Waals surface area contributed by atoms with Gasteiger partial charge in [0.25, 0.3) is 0 Å². The number of nitrogens with one attached hydrogen (secondary N) is 1. The molecule has 0 bridgehead atoms. The number of benzene rings is 1. The van der Waals surface area contributed by atoms with E-state index >= 15 is 0 Å². The highest BCUT2D eigenvalue weighted by atomic mass is 32.2. The molecule has 1 aliphatic heterocycles. The average molecular weight is 296 g/mol. The minimum Gasteiger partial charge on any atom is -0.385 e. The summed E-state index contributed by atoms with van der Waals surface area (Å²) in [6.45, 7) is 6.16. The molecule has 0 fully saturated rings. The van der Waals surface area contributed by atoms with E-state index in [1.54, 1.807) is 10.4 Å². The van der Waals surface area contributed by atoms with Crippen LogP contribution in [0.4, 0.5) is 5.69 Å². The van der Waals surface area contributed by atoms with Crippen LogP contribution in [0.15, 0.2) is 23.1 Å². The molecular weight excluding hydrogens is 272 g/mol. The van der Waals surface area contributed by atoms with Gasteiger partial charge in [-0.2, -0.15) is 4.31 Å².